The predicted octanol–water partition coefficient (Wildman–Crippen LogP) is 2.25. The van der Waals surface area contributed by atoms with Crippen molar-refractivity contribution in [2.75, 3.05) is 0 Å². The second-order valence-electron chi connectivity index (χ2n) is 3.82. The first-order valence-electron chi connectivity index (χ1n) is 4.83. The van der Waals surface area contributed by atoms with Gasteiger partial charge in [0.25, 0.3) is 5.91 Å². The number of hydrogen-bond acceptors (Lipinski definition) is 3. The number of amides is 1. The van der Waals surface area contributed by atoms with Gasteiger partial charge in [0.1, 0.15) is 5.54 Å². The summed E-state index contributed by atoms with van der Waals surface area (Å²) in [5.41, 5.74) is -1.03. The molecule has 1 amide bonds. The number of carbonyl (C=O) groups excluding carboxylic acids is 1. The summed E-state index contributed by atoms with van der Waals surface area (Å²) < 4.78 is 0.834. The van der Waals surface area contributed by atoms with Crippen molar-refractivity contribution in [3.05, 3.63) is 20.8 Å². The molecule has 0 radical (unpaired) electrons. The quantitative estimate of drug-likeness (QED) is 0.900. The molecule has 86 valence electrons. The first kappa shape index (κ1) is 11.6. The molecule has 1 saturated carbocycles. The third-order valence-electron chi connectivity index (χ3n) is 2.76. The zero-order valence-corrected chi connectivity index (χ0v) is 10.7. The Bertz CT molecular complexity index is 439. The number of carboxylic acid groups (broad SMARTS) is 1. The monoisotopic (exact) mass is 303 g/mol. The van der Waals surface area contributed by atoms with Crippen molar-refractivity contribution >= 4 is 39.1 Å². The number of carboxylic acids is 1. The van der Waals surface area contributed by atoms with E-state index in [0.29, 0.717) is 17.7 Å². The molecule has 0 aliphatic heterocycles. The maximum Gasteiger partial charge on any atom is 0.329 e. The van der Waals surface area contributed by atoms with Crippen molar-refractivity contribution in [2.24, 2.45) is 0 Å². The number of rotatable bonds is 3. The van der Waals surface area contributed by atoms with E-state index in [1.165, 1.54) is 11.3 Å². The summed E-state index contributed by atoms with van der Waals surface area (Å²) in [5, 5.41) is 13.5. The highest BCUT2D eigenvalue weighted by Gasteiger charge is 2.45. The van der Waals surface area contributed by atoms with Gasteiger partial charge < -0.3 is 10.4 Å². The lowest BCUT2D eigenvalue weighted by atomic mass is 9.77. The van der Waals surface area contributed by atoms with Crippen LogP contribution in [0, 0.1) is 0 Å². The lowest BCUT2D eigenvalue weighted by molar-refractivity contribution is -0.148. The van der Waals surface area contributed by atoms with E-state index in [9.17, 15) is 9.59 Å². The predicted molar refractivity (Wildman–Crippen MR) is 63.7 cm³/mol. The van der Waals surface area contributed by atoms with Crippen LogP contribution in [0.4, 0.5) is 0 Å². The van der Waals surface area contributed by atoms with E-state index < -0.39 is 11.5 Å². The molecule has 1 heterocycles. The van der Waals surface area contributed by atoms with E-state index in [-0.39, 0.29) is 5.91 Å². The highest BCUT2D eigenvalue weighted by molar-refractivity contribution is 9.10. The van der Waals surface area contributed by atoms with Crippen molar-refractivity contribution in [2.45, 2.75) is 24.8 Å². The lowest BCUT2D eigenvalue weighted by Gasteiger charge is -2.38. The molecule has 0 bridgehead atoms. The van der Waals surface area contributed by atoms with Crippen LogP contribution in [0.3, 0.4) is 0 Å². The van der Waals surface area contributed by atoms with Gasteiger partial charge in [-0.15, -0.1) is 11.3 Å². The second-order valence-corrected chi connectivity index (χ2v) is 5.65. The first-order chi connectivity index (χ1) is 7.53. The Hall–Kier alpha value is -0.880. The average molecular weight is 304 g/mol. The molecule has 1 aromatic heterocycles. The van der Waals surface area contributed by atoms with Gasteiger partial charge >= 0.3 is 5.97 Å². The topological polar surface area (TPSA) is 66.4 Å². The van der Waals surface area contributed by atoms with E-state index >= 15 is 0 Å². The Labute approximate surface area is 105 Å². The Morgan fingerprint density at radius 3 is 2.56 bits per heavy atom. The number of hydrogen-bond donors (Lipinski definition) is 2. The van der Waals surface area contributed by atoms with Gasteiger partial charge in [0.15, 0.2) is 0 Å². The molecule has 1 aliphatic rings. The number of halogens is 1. The van der Waals surface area contributed by atoms with Crippen molar-refractivity contribution < 1.29 is 14.7 Å². The van der Waals surface area contributed by atoms with Crippen LogP contribution < -0.4 is 5.32 Å². The number of nitrogens with one attached hydrogen (secondary N) is 1. The molecule has 4 nitrogen and oxygen atoms in total. The molecule has 2 rings (SSSR count). The third-order valence-corrected chi connectivity index (χ3v) is 4.45. The molecule has 1 aliphatic carbocycles. The Morgan fingerprint density at radius 2 is 2.19 bits per heavy atom. The minimum absolute atomic E-state index is 0.308. The van der Waals surface area contributed by atoms with Crippen LogP contribution in [-0.4, -0.2) is 22.5 Å². The standard InChI is InChI=1S/C10H10BrNO3S/c11-6-4-7(16-5-6)8(13)12-10(9(14)15)2-1-3-10/h4-5H,1-3H2,(H,12,13)(H,14,15). The average Bonchev–Trinajstić information content (AvgIpc) is 2.57. The Morgan fingerprint density at radius 1 is 1.50 bits per heavy atom. The van der Waals surface area contributed by atoms with E-state index in [4.69, 9.17) is 5.11 Å². The fourth-order valence-corrected chi connectivity index (χ4v) is 2.96. The summed E-state index contributed by atoms with van der Waals surface area (Å²) in [7, 11) is 0. The van der Waals surface area contributed by atoms with Crippen molar-refractivity contribution in [1.82, 2.24) is 5.32 Å². The third kappa shape index (κ3) is 1.99. The molecule has 1 fully saturated rings. The van der Waals surface area contributed by atoms with E-state index in [0.717, 1.165) is 10.9 Å². The van der Waals surface area contributed by atoms with Gasteiger partial charge in [0.2, 0.25) is 0 Å². The van der Waals surface area contributed by atoms with E-state index in [2.05, 4.69) is 21.2 Å². The van der Waals surface area contributed by atoms with Gasteiger partial charge in [-0.2, -0.15) is 0 Å². The van der Waals surface area contributed by atoms with Crippen LogP contribution >= 0.6 is 27.3 Å². The number of carbonyl (C=O) groups is 2. The normalized spacial score (nSPS) is 17.6. The van der Waals surface area contributed by atoms with Crippen LogP contribution in [0.25, 0.3) is 0 Å². The molecular formula is C10H10BrNO3S. The van der Waals surface area contributed by atoms with Gasteiger partial charge in [-0.1, -0.05) is 0 Å². The molecule has 16 heavy (non-hydrogen) atoms. The van der Waals surface area contributed by atoms with Crippen molar-refractivity contribution in [3.8, 4) is 0 Å². The van der Waals surface area contributed by atoms with Crippen LogP contribution in [-0.2, 0) is 4.79 Å². The number of aliphatic carboxylic acids is 1. The van der Waals surface area contributed by atoms with Gasteiger partial charge in [-0.05, 0) is 41.3 Å². The van der Waals surface area contributed by atoms with Gasteiger partial charge in [0, 0.05) is 9.85 Å². The zero-order valence-electron chi connectivity index (χ0n) is 8.33. The molecule has 0 saturated heterocycles. The summed E-state index contributed by atoms with van der Waals surface area (Å²) in [6, 6.07) is 1.69. The smallest absolute Gasteiger partial charge is 0.329 e. The summed E-state index contributed by atoms with van der Waals surface area (Å²) in [5.74, 6) is -1.25. The highest BCUT2D eigenvalue weighted by atomic mass is 79.9. The minimum atomic E-state index is -1.03. The molecule has 0 unspecified atom stereocenters. The highest BCUT2D eigenvalue weighted by Crippen LogP contribution is 2.32. The van der Waals surface area contributed by atoms with Crippen molar-refractivity contribution in [3.63, 3.8) is 0 Å². The Kier molecular flexibility index (Phi) is 3.03. The SMILES string of the molecule is O=C(NC1(C(=O)O)CCC1)c1cc(Br)cs1. The molecular weight excluding hydrogens is 294 g/mol. The summed E-state index contributed by atoms with van der Waals surface area (Å²) in [4.78, 5) is 23.4. The van der Waals surface area contributed by atoms with Gasteiger partial charge in [0.05, 0.1) is 4.88 Å². The lowest BCUT2D eigenvalue weighted by Crippen LogP contribution is -2.59. The summed E-state index contributed by atoms with van der Waals surface area (Å²) in [6.07, 6.45) is 1.88. The van der Waals surface area contributed by atoms with Crippen LogP contribution in [0.1, 0.15) is 28.9 Å². The molecule has 1 aromatic rings. The molecule has 0 aromatic carbocycles. The molecule has 2 N–H and O–H groups in total. The van der Waals surface area contributed by atoms with Crippen LogP contribution in [0.15, 0.2) is 15.9 Å². The van der Waals surface area contributed by atoms with Gasteiger partial charge in [-0.3, -0.25) is 4.79 Å². The summed E-state index contributed by atoms with van der Waals surface area (Å²) in [6.45, 7) is 0. The maximum absolute atomic E-state index is 11.8. The fourth-order valence-electron chi connectivity index (χ4n) is 1.63. The van der Waals surface area contributed by atoms with Gasteiger partial charge in [-0.25, -0.2) is 4.79 Å². The largest absolute Gasteiger partial charge is 0.480 e. The first-order valence-corrected chi connectivity index (χ1v) is 6.51. The zero-order chi connectivity index (χ0) is 11.8. The second kappa shape index (κ2) is 4.18. The van der Waals surface area contributed by atoms with Crippen molar-refractivity contribution in [1.29, 1.82) is 0 Å². The Balaban J connectivity index is 2.10. The molecule has 6 heteroatoms. The maximum atomic E-state index is 11.8. The van der Waals surface area contributed by atoms with E-state index in [1.54, 1.807) is 11.4 Å². The molecule has 0 spiro atoms. The van der Waals surface area contributed by atoms with Crippen LogP contribution in [0.2, 0.25) is 0 Å². The summed E-state index contributed by atoms with van der Waals surface area (Å²) >= 11 is 4.55. The minimum Gasteiger partial charge on any atom is -0.480 e. The van der Waals surface area contributed by atoms with Crippen LogP contribution in [0.5, 0.6) is 0 Å². The molecule has 0 atom stereocenters. The van der Waals surface area contributed by atoms with E-state index in [1.807, 2.05) is 0 Å². The number of thiophene rings is 1. The fraction of sp³-hybridized carbons (Fsp3) is 0.400.